The van der Waals surface area contributed by atoms with Crippen molar-refractivity contribution in [3.05, 3.63) is 46.7 Å². The molecular weight excluding hydrogens is 494 g/mol. The van der Waals surface area contributed by atoms with Crippen LogP contribution in [0.25, 0.3) is 10.2 Å². The van der Waals surface area contributed by atoms with Crippen LogP contribution in [-0.2, 0) is 26.3 Å². The second kappa shape index (κ2) is 9.00. The minimum absolute atomic E-state index is 0.120. The number of rotatable bonds is 7. The van der Waals surface area contributed by atoms with Gasteiger partial charge in [0.2, 0.25) is 11.8 Å². The van der Waals surface area contributed by atoms with E-state index in [2.05, 4.69) is 10.3 Å². The number of nitrogens with zero attached hydrogens (tertiary/aromatic N) is 4. The lowest BCUT2D eigenvalue weighted by Crippen LogP contribution is -2.50. The van der Waals surface area contributed by atoms with E-state index < -0.39 is 22.2 Å². The molecule has 0 bridgehead atoms. The van der Waals surface area contributed by atoms with Gasteiger partial charge in [-0.25, -0.2) is 4.98 Å². The Balaban J connectivity index is 1.32. The van der Waals surface area contributed by atoms with Crippen LogP contribution in [0.1, 0.15) is 18.2 Å². The zero-order valence-corrected chi connectivity index (χ0v) is 21.2. The van der Waals surface area contributed by atoms with Crippen LogP contribution in [0.3, 0.4) is 0 Å². The molecule has 1 aromatic carbocycles. The first-order chi connectivity index (χ1) is 16.3. The van der Waals surface area contributed by atoms with Gasteiger partial charge in [0.15, 0.2) is 5.13 Å². The minimum atomic E-state index is -3.93. The summed E-state index contributed by atoms with van der Waals surface area (Å²) in [5, 5.41) is 5.28. The number of para-hydroxylation sites is 1. The van der Waals surface area contributed by atoms with Gasteiger partial charge in [-0.3, -0.25) is 14.5 Å². The van der Waals surface area contributed by atoms with E-state index in [1.807, 2.05) is 41.8 Å². The number of benzene rings is 1. The average molecular weight is 520 g/mol. The highest BCUT2D eigenvalue weighted by Gasteiger charge is 2.56. The summed E-state index contributed by atoms with van der Waals surface area (Å²) in [7, 11) is -2.53. The lowest BCUT2D eigenvalue weighted by Gasteiger charge is -2.29. The van der Waals surface area contributed by atoms with Crippen molar-refractivity contribution in [3.63, 3.8) is 0 Å². The number of likely N-dealkylation sites (N-methyl/N-ethyl adjacent to an activating group) is 1. The predicted octanol–water partition coefficient (Wildman–Crippen LogP) is 2.28. The van der Waals surface area contributed by atoms with Crippen molar-refractivity contribution in [2.24, 2.45) is 5.92 Å². The SMILES string of the molecule is C[C@@H]1C(=O)N(c2nc3ccccc3s2)[C@H]2CCN(S(=O)(=O)N(C)CC(=O)NCc3cccs3)[C@H]12. The zero-order valence-electron chi connectivity index (χ0n) is 18.7. The van der Waals surface area contributed by atoms with Crippen molar-refractivity contribution >= 4 is 60.0 Å². The molecular formula is C22H25N5O4S3. The number of nitrogens with one attached hydrogen (secondary N) is 1. The monoisotopic (exact) mass is 519 g/mol. The molecule has 2 amide bonds. The van der Waals surface area contributed by atoms with Gasteiger partial charge in [-0.05, 0) is 30.0 Å². The normalized spacial score (nSPS) is 23.2. The van der Waals surface area contributed by atoms with Gasteiger partial charge in [-0.15, -0.1) is 11.3 Å². The van der Waals surface area contributed by atoms with Gasteiger partial charge < -0.3 is 5.32 Å². The van der Waals surface area contributed by atoms with E-state index in [1.54, 1.807) is 11.8 Å². The Labute approximate surface area is 206 Å². The van der Waals surface area contributed by atoms with Crippen LogP contribution in [0.2, 0.25) is 0 Å². The number of carbonyl (C=O) groups excluding carboxylic acids is 2. The zero-order chi connectivity index (χ0) is 24.0. The highest BCUT2D eigenvalue weighted by molar-refractivity contribution is 7.86. The molecule has 2 aliphatic heterocycles. The van der Waals surface area contributed by atoms with Crippen molar-refractivity contribution < 1.29 is 18.0 Å². The van der Waals surface area contributed by atoms with Gasteiger partial charge in [0.25, 0.3) is 10.2 Å². The molecule has 34 heavy (non-hydrogen) atoms. The van der Waals surface area contributed by atoms with Gasteiger partial charge in [-0.1, -0.05) is 36.5 Å². The predicted molar refractivity (Wildman–Crippen MR) is 133 cm³/mol. The maximum atomic E-state index is 13.4. The van der Waals surface area contributed by atoms with Crippen LogP contribution < -0.4 is 10.2 Å². The summed E-state index contributed by atoms with van der Waals surface area (Å²) in [4.78, 5) is 32.9. The molecule has 2 aliphatic rings. The fourth-order valence-electron chi connectivity index (χ4n) is 4.75. The molecule has 2 fully saturated rings. The lowest BCUT2D eigenvalue weighted by atomic mass is 10.0. The van der Waals surface area contributed by atoms with Crippen molar-refractivity contribution in [3.8, 4) is 0 Å². The molecule has 2 aromatic heterocycles. The summed E-state index contributed by atoms with van der Waals surface area (Å²) in [5.74, 6) is -0.998. The number of thiophene rings is 1. The highest BCUT2D eigenvalue weighted by Crippen LogP contribution is 2.42. The van der Waals surface area contributed by atoms with Crippen LogP contribution in [-0.4, -0.2) is 66.0 Å². The third-order valence-corrected chi connectivity index (χ3v) is 10.3. The molecule has 0 radical (unpaired) electrons. The Hall–Kier alpha value is -2.38. The van der Waals surface area contributed by atoms with E-state index in [0.717, 1.165) is 19.4 Å². The van der Waals surface area contributed by atoms with Crippen molar-refractivity contribution in [1.29, 1.82) is 0 Å². The molecule has 2 saturated heterocycles. The summed E-state index contributed by atoms with van der Waals surface area (Å²) < 4.78 is 30.3. The van der Waals surface area contributed by atoms with Crippen molar-refractivity contribution in [2.45, 2.75) is 32.0 Å². The first-order valence-corrected chi connectivity index (χ1v) is 14.1. The fourth-order valence-corrected chi connectivity index (χ4v) is 8.03. The van der Waals surface area contributed by atoms with Gasteiger partial charge in [0, 0.05) is 18.5 Å². The molecule has 12 heteroatoms. The standard InChI is InChI=1S/C22H25N5O4S3/c1-14-20-17(27(21(14)29)22-24-16-7-3-4-8-18(16)33-22)9-10-26(20)34(30,31)25(2)13-19(28)23-12-15-6-5-11-32-15/h3-8,11,14,17,20H,9-10,12-13H2,1-2H3,(H,23,28)/t14-,17-,20+/m0/s1. The summed E-state index contributed by atoms with van der Waals surface area (Å²) >= 11 is 2.96. The number of amides is 2. The van der Waals surface area contributed by atoms with Gasteiger partial charge >= 0.3 is 0 Å². The number of hydrogen-bond acceptors (Lipinski definition) is 7. The maximum absolute atomic E-state index is 13.4. The van der Waals surface area contributed by atoms with Gasteiger partial charge in [0.1, 0.15) is 0 Å². The highest BCUT2D eigenvalue weighted by atomic mass is 32.2. The summed E-state index contributed by atoms with van der Waals surface area (Å²) in [6.45, 7) is 2.14. The topological polar surface area (TPSA) is 103 Å². The Morgan fingerprint density at radius 1 is 1.26 bits per heavy atom. The van der Waals surface area contributed by atoms with E-state index in [-0.39, 0.29) is 30.9 Å². The smallest absolute Gasteiger partial charge is 0.282 e. The van der Waals surface area contributed by atoms with Crippen molar-refractivity contribution in [1.82, 2.24) is 18.9 Å². The van der Waals surface area contributed by atoms with E-state index in [0.29, 0.717) is 18.1 Å². The van der Waals surface area contributed by atoms with Gasteiger partial charge in [0.05, 0.1) is 41.3 Å². The molecule has 0 saturated carbocycles. The van der Waals surface area contributed by atoms with Crippen LogP contribution >= 0.6 is 22.7 Å². The van der Waals surface area contributed by atoms with E-state index in [9.17, 15) is 18.0 Å². The Morgan fingerprint density at radius 2 is 2.06 bits per heavy atom. The number of carbonyl (C=O) groups is 2. The molecule has 5 rings (SSSR count). The Kier molecular flexibility index (Phi) is 6.19. The first-order valence-electron chi connectivity index (χ1n) is 11.0. The largest absolute Gasteiger partial charge is 0.350 e. The second-order valence-corrected chi connectivity index (χ2v) is 12.6. The quantitative estimate of drug-likeness (QED) is 0.516. The van der Waals surface area contributed by atoms with Crippen LogP contribution in [0, 0.1) is 5.92 Å². The molecule has 0 aliphatic carbocycles. The van der Waals surface area contributed by atoms with Gasteiger partial charge in [-0.2, -0.15) is 17.0 Å². The van der Waals surface area contributed by atoms with Crippen LogP contribution in [0.4, 0.5) is 5.13 Å². The molecule has 0 spiro atoms. The average Bonchev–Trinajstić information content (AvgIpc) is 3.59. The third kappa shape index (κ3) is 4.03. The molecule has 3 aromatic rings. The summed E-state index contributed by atoms with van der Waals surface area (Å²) in [5.41, 5.74) is 0.821. The number of aromatic nitrogens is 1. The number of fused-ring (bicyclic) bond motifs is 2. The molecule has 0 unspecified atom stereocenters. The van der Waals surface area contributed by atoms with Crippen LogP contribution in [0.5, 0.6) is 0 Å². The third-order valence-electron chi connectivity index (χ3n) is 6.43. The summed E-state index contributed by atoms with van der Waals surface area (Å²) in [6, 6.07) is 10.7. The minimum Gasteiger partial charge on any atom is -0.350 e. The molecule has 4 heterocycles. The first kappa shape index (κ1) is 23.4. The Bertz CT molecular complexity index is 1290. The number of thiazole rings is 1. The number of anilines is 1. The van der Waals surface area contributed by atoms with Crippen LogP contribution in [0.15, 0.2) is 41.8 Å². The summed E-state index contributed by atoms with van der Waals surface area (Å²) in [6.07, 6.45) is 0.522. The lowest BCUT2D eigenvalue weighted by molar-refractivity contribution is -0.122. The Morgan fingerprint density at radius 3 is 2.79 bits per heavy atom. The molecule has 180 valence electrons. The number of hydrogen-bond donors (Lipinski definition) is 1. The molecule has 1 N–H and O–H groups in total. The molecule has 9 nitrogen and oxygen atoms in total. The van der Waals surface area contributed by atoms with E-state index in [4.69, 9.17) is 0 Å². The fraction of sp³-hybridized carbons (Fsp3) is 0.409. The maximum Gasteiger partial charge on any atom is 0.282 e. The molecule has 3 atom stereocenters. The van der Waals surface area contributed by atoms with Crippen molar-refractivity contribution in [2.75, 3.05) is 25.0 Å². The van der Waals surface area contributed by atoms with E-state index in [1.165, 1.54) is 34.0 Å². The second-order valence-electron chi connectivity index (χ2n) is 8.54. The van der Waals surface area contributed by atoms with E-state index >= 15 is 0 Å².